The van der Waals surface area contributed by atoms with Crippen molar-refractivity contribution in [1.29, 1.82) is 0 Å². The molecule has 0 aromatic carbocycles. The number of carbonyl (C=O) groups is 1. The largest absolute Gasteiger partial charge is 0.310 e. The van der Waals surface area contributed by atoms with E-state index in [1.807, 2.05) is 34.7 Å². The second-order valence-electron chi connectivity index (χ2n) is 3.63. The Morgan fingerprint density at radius 3 is 2.67 bits per heavy atom. The minimum absolute atomic E-state index is 0.0652. The number of amides is 1. The monoisotopic (exact) mass is 209 g/mol. The minimum atomic E-state index is 0.0652. The topological polar surface area (TPSA) is 46.9 Å². The highest BCUT2D eigenvalue weighted by molar-refractivity contribution is 5.94. The van der Waals surface area contributed by atoms with E-state index in [0.29, 0.717) is 0 Å². The quantitative estimate of drug-likeness (QED) is 0.709. The Kier molecular flexibility index (Phi) is 3.50. The summed E-state index contributed by atoms with van der Waals surface area (Å²) in [6, 6.07) is 0. The molecule has 0 fully saturated rings. The number of hydrogen-bond acceptors (Lipinski definition) is 2. The van der Waals surface area contributed by atoms with Crippen molar-refractivity contribution < 1.29 is 4.79 Å². The minimum Gasteiger partial charge on any atom is -0.310 e. The first-order valence-corrected chi connectivity index (χ1v) is 5.43. The molecule has 0 spiro atoms. The molecule has 4 nitrogen and oxygen atoms in total. The van der Waals surface area contributed by atoms with Crippen molar-refractivity contribution in [3.8, 4) is 0 Å². The fourth-order valence-electron chi connectivity index (χ4n) is 1.74. The summed E-state index contributed by atoms with van der Waals surface area (Å²) in [5, 5.41) is 7.12. The molecule has 0 saturated carbocycles. The van der Waals surface area contributed by atoms with E-state index in [0.717, 1.165) is 17.9 Å². The lowest BCUT2D eigenvalue weighted by molar-refractivity contribution is -0.119. The number of hydrogen-bond donors (Lipinski definition) is 1. The molecule has 0 saturated heterocycles. The van der Waals surface area contributed by atoms with Crippen LogP contribution in [-0.4, -0.2) is 15.7 Å². The molecule has 1 atom stereocenters. The van der Waals surface area contributed by atoms with Crippen molar-refractivity contribution in [1.82, 2.24) is 9.78 Å². The molecule has 1 amide bonds. The van der Waals surface area contributed by atoms with Gasteiger partial charge in [-0.3, -0.25) is 9.48 Å². The van der Waals surface area contributed by atoms with E-state index >= 15 is 0 Å². The zero-order valence-corrected chi connectivity index (χ0v) is 10.1. The maximum atomic E-state index is 11.4. The molecule has 2 rings (SSSR count). The predicted molar refractivity (Wildman–Crippen MR) is 60.8 cm³/mol. The summed E-state index contributed by atoms with van der Waals surface area (Å²) < 4.78 is 1.73. The number of fused-ring (bicyclic) bond motifs is 1. The summed E-state index contributed by atoms with van der Waals surface area (Å²) in [5.74, 6) is 1.02. The molecule has 1 aromatic heterocycles. The first-order valence-electron chi connectivity index (χ1n) is 5.43. The van der Waals surface area contributed by atoms with Crippen LogP contribution in [0.4, 0.5) is 5.82 Å². The van der Waals surface area contributed by atoms with Crippen molar-refractivity contribution in [3.63, 3.8) is 0 Å². The predicted octanol–water partition coefficient (Wildman–Crippen LogP) is 1.89. The van der Waals surface area contributed by atoms with Crippen molar-refractivity contribution in [2.45, 2.75) is 34.1 Å². The van der Waals surface area contributed by atoms with Gasteiger partial charge in [0.25, 0.3) is 0 Å². The van der Waals surface area contributed by atoms with Gasteiger partial charge in [0.05, 0.1) is 5.69 Å². The Balaban J connectivity index is 0.000000531. The summed E-state index contributed by atoms with van der Waals surface area (Å²) in [7, 11) is 1.85. The van der Waals surface area contributed by atoms with Crippen molar-refractivity contribution in [3.05, 3.63) is 11.3 Å². The van der Waals surface area contributed by atoms with Crippen LogP contribution in [-0.2, 0) is 18.3 Å². The van der Waals surface area contributed by atoms with E-state index in [1.165, 1.54) is 5.56 Å². The van der Waals surface area contributed by atoms with Gasteiger partial charge < -0.3 is 5.32 Å². The molecule has 15 heavy (non-hydrogen) atoms. The number of carbonyl (C=O) groups excluding carboxylic acids is 1. The fraction of sp³-hybridized carbons (Fsp3) is 0.636. The van der Waals surface area contributed by atoms with Gasteiger partial charge >= 0.3 is 0 Å². The first-order chi connectivity index (χ1) is 7.09. The van der Waals surface area contributed by atoms with Crippen LogP contribution < -0.4 is 5.32 Å². The van der Waals surface area contributed by atoms with Crippen LogP contribution >= 0.6 is 0 Å². The number of aryl methyl sites for hydroxylation is 2. The Bertz CT molecular complexity index is 368. The van der Waals surface area contributed by atoms with Gasteiger partial charge in [-0.25, -0.2) is 0 Å². The lowest BCUT2D eigenvalue weighted by Gasteiger charge is -2.19. The van der Waals surface area contributed by atoms with Gasteiger partial charge in [0.2, 0.25) is 5.91 Å². The van der Waals surface area contributed by atoms with Gasteiger partial charge in [-0.1, -0.05) is 20.8 Å². The third-order valence-corrected chi connectivity index (χ3v) is 2.55. The fourth-order valence-corrected chi connectivity index (χ4v) is 1.74. The standard InChI is InChI=1S/C9H13N3O.C2H6/c1-5-4-7-6(2)11-12(3)8(7)10-9(5)13;1-2/h5H,4H2,1-3H3,(H,10,13);1-2H3. The number of rotatable bonds is 0. The lowest BCUT2D eigenvalue weighted by Crippen LogP contribution is -2.28. The second kappa shape index (κ2) is 4.47. The van der Waals surface area contributed by atoms with Crippen molar-refractivity contribution >= 4 is 11.7 Å². The highest BCUT2D eigenvalue weighted by Gasteiger charge is 2.26. The van der Waals surface area contributed by atoms with E-state index in [-0.39, 0.29) is 11.8 Å². The van der Waals surface area contributed by atoms with Gasteiger partial charge in [-0.2, -0.15) is 5.10 Å². The van der Waals surface area contributed by atoms with Crippen LogP contribution in [0.25, 0.3) is 0 Å². The number of nitrogens with zero attached hydrogens (tertiary/aromatic N) is 2. The normalized spacial score (nSPS) is 18.7. The smallest absolute Gasteiger partial charge is 0.228 e. The highest BCUT2D eigenvalue weighted by Crippen LogP contribution is 2.27. The molecule has 4 heteroatoms. The van der Waals surface area contributed by atoms with Crippen molar-refractivity contribution in [2.75, 3.05) is 5.32 Å². The third kappa shape index (κ3) is 2.03. The maximum Gasteiger partial charge on any atom is 0.228 e. The molecule has 0 aliphatic carbocycles. The second-order valence-corrected chi connectivity index (χ2v) is 3.63. The molecule has 84 valence electrons. The Morgan fingerprint density at radius 2 is 2.07 bits per heavy atom. The summed E-state index contributed by atoms with van der Waals surface area (Å²) in [4.78, 5) is 11.4. The first kappa shape index (κ1) is 11.8. The highest BCUT2D eigenvalue weighted by atomic mass is 16.2. The molecular weight excluding hydrogens is 190 g/mol. The molecule has 0 radical (unpaired) electrons. The summed E-state index contributed by atoms with van der Waals surface area (Å²) in [6.45, 7) is 7.91. The van der Waals surface area contributed by atoms with E-state index in [1.54, 1.807) is 4.68 Å². The molecule has 0 bridgehead atoms. The van der Waals surface area contributed by atoms with Crippen LogP contribution in [0.3, 0.4) is 0 Å². The van der Waals surface area contributed by atoms with Gasteiger partial charge in [0, 0.05) is 18.5 Å². The maximum absolute atomic E-state index is 11.4. The Morgan fingerprint density at radius 1 is 1.47 bits per heavy atom. The number of nitrogens with one attached hydrogen (secondary N) is 1. The molecule has 1 aliphatic rings. The van der Waals surface area contributed by atoms with Gasteiger partial charge in [0.15, 0.2) is 0 Å². The molecule has 1 N–H and O–H groups in total. The van der Waals surface area contributed by atoms with Crippen molar-refractivity contribution in [2.24, 2.45) is 13.0 Å². The SMILES string of the molecule is CC.Cc1nn(C)c2c1CC(C)C(=O)N2. The Hall–Kier alpha value is -1.32. The van der Waals surface area contributed by atoms with Crippen LogP contribution in [0.15, 0.2) is 0 Å². The van der Waals surface area contributed by atoms with Gasteiger partial charge in [-0.15, -0.1) is 0 Å². The average molecular weight is 209 g/mol. The molecular formula is C11H19N3O. The summed E-state index contributed by atoms with van der Waals surface area (Å²) in [5.41, 5.74) is 2.19. The number of aromatic nitrogens is 2. The lowest BCUT2D eigenvalue weighted by atomic mass is 9.97. The summed E-state index contributed by atoms with van der Waals surface area (Å²) >= 11 is 0. The average Bonchev–Trinajstić information content (AvgIpc) is 2.48. The zero-order valence-electron chi connectivity index (χ0n) is 10.1. The summed E-state index contributed by atoms with van der Waals surface area (Å²) in [6.07, 6.45) is 0.806. The number of anilines is 1. The van der Waals surface area contributed by atoms with E-state index in [4.69, 9.17) is 0 Å². The molecule has 1 aliphatic heterocycles. The Labute approximate surface area is 90.7 Å². The molecule has 2 heterocycles. The van der Waals surface area contributed by atoms with E-state index in [9.17, 15) is 4.79 Å². The van der Waals surface area contributed by atoms with Crippen LogP contribution in [0.1, 0.15) is 32.0 Å². The van der Waals surface area contributed by atoms with E-state index < -0.39 is 0 Å². The third-order valence-electron chi connectivity index (χ3n) is 2.55. The molecule has 1 unspecified atom stereocenters. The van der Waals surface area contributed by atoms with Gasteiger partial charge in [0.1, 0.15) is 5.82 Å². The van der Waals surface area contributed by atoms with Gasteiger partial charge in [-0.05, 0) is 13.3 Å². The van der Waals surface area contributed by atoms with Crippen LogP contribution in [0, 0.1) is 12.8 Å². The van der Waals surface area contributed by atoms with E-state index in [2.05, 4.69) is 10.4 Å². The van der Waals surface area contributed by atoms with Crippen LogP contribution in [0.5, 0.6) is 0 Å². The molecule has 1 aromatic rings. The van der Waals surface area contributed by atoms with Crippen LogP contribution in [0.2, 0.25) is 0 Å². The zero-order chi connectivity index (χ0) is 11.6.